The molecule has 1 aliphatic rings. The predicted octanol–water partition coefficient (Wildman–Crippen LogP) is 5.14. The molecule has 0 aromatic heterocycles. The average molecular weight is 533 g/mol. The monoisotopic (exact) mass is 532 g/mol. The SMILES string of the molecule is CC(C)(C)OC(=O)C[C@H](NC(=O)OCC1c2ccccc2-c2ccccc21)C(=O)Oc1ccc([N+](=O)[O-])cc1. The fourth-order valence-electron chi connectivity index (χ4n) is 4.35. The number of carbonyl (C=O) groups is 3. The zero-order valence-electron chi connectivity index (χ0n) is 21.7. The van der Waals surface area contributed by atoms with Crippen LogP contribution in [0, 0.1) is 10.1 Å². The number of nitro groups is 1. The van der Waals surface area contributed by atoms with Crippen molar-refractivity contribution in [3.8, 4) is 16.9 Å². The number of ether oxygens (including phenoxy) is 3. The molecule has 0 fully saturated rings. The molecule has 0 saturated heterocycles. The second-order valence-corrected chi connectivity index (χ2v) is 9.99. The van der Waals surface area contributed by atoms with Crippen LogP contribution in [0.4, 0.5) is 10.5 Å². The summed E-state index contributed by atoms with van der Waals surface area (Å²) in [5, 5.41) is 13.3. The first-order valence-electron chi connectivity index (χ1n) is 12.3. The molecule has 0 spiro atoms. The number of nitrogens with zero attached hydrogens (tertiary/aromatic N) is 1. The fraction of sp³-hybridized carbons (Fsp3) is 0.276. The lowest BCUT2D eigenvalue weighted by Gasteiger charge is -2.22. The summed E-state index contributed by atoms with van der Waals surface area (Å²) in [6.45, 7) is 5.03. The van der Waals surface area contributed by atoms with Crippen LogP contribution in [0.3, 0.4) is 0 Å². The number of amides is 1. The van der Waals surface area contributed by atoms with Crippen molar-refractivity contribution in [2.75, 3.05) is 6.61 Å². The van der Waals surface area contributed by atoms with Gasteiger partial charge in [0.1, 0.15) is 24.0 Å². The lowest BCUT2D eigenvalue weighted by atomic mass is 9.98. The molecule has 0 unspecified atom stereocenters. The van der Waals surface area contributed by atoms with Gasteiger partial charge in [0, 0.05) is 18.1 Å². The van der Waals surface area contributed by atoms with E-state index in [4.69, 9.17) is 14.2 Å². The maximum absolute atomic E-state index is 12.9. The van der Waals surface area contributed by atoms with Crippen LogP contribution in [0.15, 0.2) is 72.8 Å². The molecule has 1 N–H and O–H groups in total. The molecular weight excluding hydrogens is 504 g/mol. The number of nitrogens with one attached hydrogen (secondary N) is 1. The van der Waals surface area contributed by atoms with Gasteiger partial charge in [-0.2, -0.15) is 0 Å². The van der Waals surface area contributed by atoms with Gasteiger partial charge in [0.05, 0.1) is 11.3 Å². The van der Waals surface area contributed by atoms with E-state index in [0.29, 0.717) is 0 Å². The van der Waals surface area contributed by atoms with E-state index in [2.05, 4.69) is 5.32 Å². The Hall–Kier alpha value is -4.73. The molecule has 0 radical (unpaired) electrons. The van der Waals surface area contributed by atoms with Crippen molar-refractivity contribution < 1.29 is 33.5 Å². The minimum Gasteiger partial charge on any atom is -0.460 e. The Kier molecular flexibility index (Phi) is 7.94. The third-order valence-corrected chi connectivity index (χ3v) is 5.98. The number of rotatable bonds is 8. The molecule has 0 aliphatic heterocycles. The number of hydrogen-bond acceptors (Lipinski definition) is 8. The first kappa shape index (κ1) is 27.3. The Morgan fingerprint density at radius 2 is 1.49 bits per heavy atom. The summed E-state index contributed by atoms with van der Waals surface area (Å²) in [6.07, 6.45) is -1.42. The molecular formula is C29H28N2O8. The number of non-ortho nitro benzene ring substituents is 1. The Morgan fingerprint density at radius 3 is 2.03 bits per heavy atom. The van der Waals surface area contributed by atoms with Gasteiger partial charge >= 0.3 is 18.0 Å². The second-order valence-electron chi connectivity index (χ2n) is 9.99. The van der Waals surface area contributed by atoms with E-state index in [1.165, 1.54) is 24.3 Å². The topological polar surface area (TPSA) is 134 Å². The molecule has 0 bridgehead atoms. The van der Waals surface area contributed by atoms with Gasteiger partial charge in [0.2, 0.25) is 0 Å². The smallest absolute Gasteiger partial charge is 0.407 e. The minimum atomic E-state index is -1.43. The summed E-state index contributed by atoms with van der Waals surface area (Å²) >= 11 is 0. The van der Waals surface area contributed by atoms with Crippen LogP contribution in [0.1, 0.15) is 44.2 Å². The van der Waals surface area contributed by atoms with Crippen molar-refractivity contribution in [3.63, 3.8) is 0 Å². The van der Waals surface area contributed by atoms with Crippen LogP contribution in [0.2, 0.25) is 0 Å². The van der Waals surface area contributed by atoms with Crippen molar-refractivity contribution in [1.29, 1.82) is 0 Å². The van der Waals surface area contributed by atoms with E-state index >= 15 is 0 Å². The molecule has 39 heavy (non-hydrogen) atoms. The van der Waals surface area contributed by atoms with Gasteiger partial charge in [-0.3, -0.25) is 14.9 Å². The lowest BCUT2D eigenvalue weighted by Crippen LogP contribution is -2.45. The highest BCUT2D eigenvalue weighted by Gasteiger charge is 2.32. The quantitative estimate of drug-likeness (QED) is 0.182. The molecule has 4 rings (SSSR count). The number of esters is 2. The molecule has 10 nitrogen and oxygen atoms in total. The number of hydrogen-bond donors (Lipinski definition) is 1. The molecule has 10 heteroatoms. The van der Waals surface area contributed by atoms with Crippen LogP contribution in [0.25, 0.3) is 11.1 Å². The van der Waals surface area contributed by atoms with Crippen LogP contribution in [-0.4, -0.2) is 41.2 Å². The van der Waals surface area contributed by atoms with Crippen LogP contribution in [0.5, 0.6) is 5.75 Å². The summed E-state index contributed by atoms with van der Waals surface area (Å²) in [6, 6.07) is 19.1. The highest BCUT2D eigenvalue weighted by atomic mass is 16.6. The van der Waals surface area contributed by atoms with E-state index in [1.54, 1.807) is 20.8 Å². The van der Waals surface area contributed by atoms with Crippen LogP contribution >= 0.6 is 0 Å². The number of fused-ring (bicyclic) bond motifs is 3. The van der Waals surface area contributed by atoms with E-state index in [-0.39, 0.29) is 24.0 Å². The lowest BCUT2D eigenvalue weighted by molar-refractivity contribution is -0.384. The third kappa shape index (κ3) is 6.78. The van der Waals surface area contributed by atoms with Crippen molar-refractivity contribution in [2.24, 2.45) is 0 Å². The van der Waals surface area contributed by atoms with Gasteiger partial charge < -0.3 is 19.5 Å². The summed E-state index contributed by atoms with van der Waals surface area (Å²) in [5.74, 6) is -1.87. The molecule has 1 aliphatic carbocycles. The zero-order chi connectivity index (χ0) is 28.2. The first-order valence-corrected chi connectivity index (χ1v) is 12.3. The summed E-state index contributed by atoms with van der Waals surface area (Å²) in [5.41, 5.74) is 3.18. The van der Waals surface area contributed by atoms with E-state index < -0.39 is 41.0 Å². The maximum atomic E-state index is 12.9. The largest absolute Gasteiger partial charge is 0.460 e. The Balaban J connectivity index is 1.45. The number of carbonyl (C=O) groups excluding carboxylic acids is 3. The van der Waals surface area contributed by atoms with Gasteiger partial charge in [-0.05, 0) is 55.2 Å². The van der Waals surface area contributed by atoms with Gasteiger partial charge in [-0.25, -0.2) is 9.59 Å². The van der Waals surface area contributed by atoms with Crippen molar-refractivity contribution in [3.05, 3.63) is 94.0 Å². The van der Waals surface area contributed by atoms with Crippen molar-refractivity contribution >= 4 is 23.7 Å². The molecule has 1 amide bonds. The Labute approximate surface area is 225 Å². The van der Waals surface area contributed by atoms with Gasteiger partial charge in [0.25, 0.3) is 5.69 Å². The van der Waals surface area contributed by atoms with Crippen molar-refractivity contribution in [2.45, 2.75) is 44.8 Å². The normalized spacial score (nSPS) is 13.0. The number of alkyl carbamates (subject to hydrolysis) is 1. The van der Waals surface area contributed by atoms with Gasteiger partial charge in [-0.15, -0.1) is 0 Å². The number of benzene rings is 3. The molecule has 3 aromatic carbocycles. The van der Waals surface area contributed by atoms with E-state index in [0.717, 1.165) is 22.3 Å². The second kappa shape index (κ2) is 11.3. The average Bonchev–Trinajstić information content (AvgIpc) is 3.20. The summed E-state index contributed by atoms with van der Waals surface area (Å²) in [7, 11) is 0. The van der Waals surface area contributed by atoms with Crippen molar-refractivity contribution in [1.82, 2.24) is 5.32 Å². The Morgan fingerprint density at radius 1 is 0.923 bits per heavy atom. The highest BCUT2D eigenvalue weighted by molar-refractivity contribution is 5.87. The van der Waals surface area contributed by atoms with E-state index in [9.17, 15) is 24.5 Å². The van der Waals surface area contributed by atoms with Crippen LogP contribution in [-0.2, 0) is 19.1 Å². The standard InChI is InChI=1S/C29H28N2O8/c1-29(2,3)39-26(32)16-25(27(33)38-19-14-12-18(13-15-19)31(35)36)30-28(34)37-17-24-22-10-6-4-8-20(22)21-9-5-7-11-23(21)24/h4-15,24-25H,16-17H2,1-3H3,(H,30,34)/t25-/m0/s1. The van der Waals surface area contributed by atoms with Gasteiger partial charge in [-0.1, -0.05) is 48.5 Å². The highest BCUT2D eigenvalue weighted by Crippen LogP contribution is 2.44. The summed E-state index contributed by atoms with van der Waals surface area (Å²) in [4.78, 5) is 48.5. The van der Waals surface area contributed by atoms with Crippen LogP contribution < -0.4 is 10.1 Å². The predicted molar refractivity (Wildman–Crippen MR) is 141 cm³/mol. The maximum Gasteiger partial charge on any atom is 0.407 e. The summed E-state index contributed by atoms with van der Waals surface area (Å²) < 4.78 is 16.1. The molecule has 3 aromatic rings. The molecule has 202 valence electrons. The number of nitro benzene ring substituents is 1. The first-order chi connectivity index (χ1) is 18.5. The molecule has 0 heterocycles. The van der Waals surface area contributed by atoms with E-state index in [1.807, 2.05) is 48.5 Å². The third-order valence-electron chi connectivity index (χ3n) is 5.98. The molecule has 0 saturated carbocycles. The minimum absolute atomic E-state index is 0.00845. The van der Waals surface area contributed by atoms with Gasteiger partial charge in [0.15, 0.2) is 0 Å². The fourth-order valence-corrected chi connectivity index (χ4v) is 4.35. The Bertz CT molecular complexity index is 1350. The molecule has 1 atom stereocenters. The zero-order valence-corrected chi connectivity index (χ0v) is 21.7.